The Morgan fingerprint density at radius 2 is 1.89 bits per heavy atom. The summed E-state index contributed by atoms with van der Waals surface area (Å²) in [5.41, 5.74) is 4.17. The van der Waals surface area contributed by atoms with Crippen LogP contribution in [0.4, 0.5) is 10.3 Å². The topological polar surface area (TPSA) is 79.2 Å². The Kier molecular flexibility index (Phi) is 7.34. The first kappa shape index (κ1) is 23.8. The second-order valence-corrected chi connectivity index (χ2v) is 9.73. The second-order valence-electron chi connectivity index (χ2n) is 9.73. The van der Waals surface area contributed by atoms with Crippen LogP contribution in [0, 0.1) is 5.92 Å². The summed E-state index contributed by atoms with van der Waals surface area (Å²) in [6.07, 6.45) is 8.96. The Morgan fingerprint density at radius 1 is 1.09 bits per heavy atom. The highest BCUT2D eigenvalue weighted by atomic mass is 19.1. The smallest absolute Gasteiger partial charge is 0.229 e. The maximum atomic E-state index is 12.8. The summed E-state index contributed by atoms with van der Waals surface area (Å²) in [6.45, 7) is 4.74. The molecule has 1 N–H and O–H groups in total. The van der Waals surface area contributed by atoms with Crippen LogP contribution in [-0.2, 0) is 18.4 Å². The quantitative estimate of drug-likeness (QED) is 0.558. The van der Waals surface area contributed by atoms with Gasteiger partial charge >= 0.3 is 0 Å². The van der Waals surface area contributed by atoms with Gasteiger partial charge in [0.05, 0.1) is 17.4 Å². The van der Waals surface area contributed by atoms with Crippen molar-refractivity contribution in [2.75, 3.05) is 44.7 Å². The summed E-state index contributed by atoms with van der Waals surface area (Å²) >= 11 is 0. The first-order valence-electron chi connectivity index (χ1n) is 12.7. The predicted octanol–water partition coefficient (Wildman–Crippen LogP) is 3.64. The number of alkyl halides is 1. The fourth-order valence-corrected chi connectivity index (χ4v) is 5.22. The van der Waals surface area contributed by atoms with E-state index >= 15 is 0 Å². The van der Waals surface area contributed by atoms with Crippen molar-refractivity contribution in [2.24, 2.45) is 13.0 Å². The third-order valence-corrected chi connectivity index (χ3v) is 7.37. The molecule has 5 rings (SSSR count). The molecule has 0 saturated carbocycles. The van der Waals surface area contributed by atoms with Crippen LogP contribution in [0.25, 0.3) is 22.0 Å². The Morgan fingerprint density at radius 3 is 2.66 bits per heavy atom. The van der Waals surface area contributed by atoms with Crippen molar-refractivity contribution in [2.45, 2.75) is 38.6 Å². The minimum absolute atomic E-state index is 0.0588. The molecule has 1 aromatic carbocycles. The van der Waals surface area contributed by atoms with Gasteiger partial charge in [-0.15, -0.1) is 0 Å². The number of piperidine rings is 2. The van der Waals surface area contributed by atoms with E-state index in [1.54, 1.807) is 6.20 Å². The number of amides is 1. The molecule has 0 atom stereocenters. The summed E-state index contributed by atoms with van der Waals surface area (Å²) < 4.78 is 14.5. The lowest BCUT2D eigenvalue weighted by Gasteiger charge is -2.30. The summed E-state index contributed by atoms with van der Waals surface area (Å²) in [6, 6.07) is 6.17. The number of likely N-dealkylation sites (tertiary alicyclic amines) is 2. The van der Waals surface area contributed by atoms with Crippen LogP contribution in [-0.4, -0.2) is 74.9 Å². The maximum absolute atomic E-state index is 12.8. The highest BCUT2D eigenvalue weighted by molar-refractivity contribution is 5.92. The van der Waals surface area contributed by atoms with E-state index in [9.17, 15) is 9.18 Å². The fourth-order valence-electron chi connectivity index (χ4n) is 5.22. The maximum Gasteiger partial charge on any atom is 0.229 e. The van der Waals surface area contributed by atoms with Gasteiger partial charge < -0.3 is 4.90 Å². The average molecular weight is 480 g/mol. The van der Waals surface area contributed by atoms with Gasteiger partial charge in [0.15, 0.2) is 0 Å². The van der Waals surface area contributed by atoms with E-state index < -0.39 is 0 Å². The number of hydrogen-bond acceptors (Lipinski definition) is 6. The van der Waals surface area contributed by atoms with Gasteiger partial charge in [-0.2, -0.15) is 5.10 Å². The second kappa shape index (κ2) is 10.8. The molecule has 8 nitrogen and oxygen atoms in total. The lowest BCUT2D eigenvalue weighted by molar-refractivity contribution is -0.121. The van der Waals surface area contributed by atoms with Gasteiger partial charge in [0.1, 0.15) is 6.67 Å². The van der Waals surface area contributed by atoms with Crippen LogP contribution < -0.4 is 5.32 Å². The molecule has 2 aliphatic heterocycles. The largest absolute Gasteiger partial charge is 0.301 e. The highest BCUT2D eigenvalue weighted by Gasteiger charge is 2.25. The molecule has 2 aromatic heterocycles. The summed E-state index contributed by atoms with van der Waals surface area (Å²) in [5.74, 6) is 0.172. The minimum atomic E-state index is -0.345. The number of nitrogens with one attached hydrogen (secondary N) is 1. The van der Waals surface area contributed by atoms with E-state index in [1.807, 2.05) is 24.0 Å². The van der Waals surface area contributed by atoms with Gasteiger partial charge in [-0.05, 0) is 63.5 Å². The van der Waals surface area contributed by atoms with Crippen LogP contribution in [0.1, 0.15) is 37.8 Å². The molecular formula is C26H34FN7O. The normalized spacial score (nSPS) is 18.2. The van der Waals surface area contributed by atoms with Gasteiger partial charge in [-0.1, -0.05) is 18.6 Å². The molecule has 35 heavy (non-hydrogen) atoms. The molecule has 186 valence electrons. The number of benzene rings is 1. The minimum Gasteiger partial charge on any atom is -0.301 e. The van der Waals surface area contributed by atoms with Gasteiger partial charge in [0.2, 0.25) is 11.9 Å². The van der Waals surface area contributed by atoms with Gasteiger partial charge in [-0.25, -0.2) is 14.4 Å². The third-order valence-electron chi connectivity index (χ3n) is 7.37. The fraction of sp³-hybridized carbons (Fsp3) is 0.538. The van der Waals surface area contributed by atoms with E-state index in [4.69, 9.17) is 0 Å². The lowest BCUT2D eigenvalue weighted by atomic mass is 9.96. The zero-order valence-electron chi connectivity index (χ0n) is 20.4. The molecule has 0 unspecified atom stereocenters. The lowest BCUT2D eigenvalue weighted by Crippen LogP contribution is -2.39. The van der Waals surface area contributed by atoms with Crippen molar-refractivity contribution >= 4 is 22.8 Å². The Balaban J connectivity index is 1.31. The molecule has 0 bridgehead atoms. The number of carbonyl (C=O) groups excluding carboxylic acids is 1. The molecule has 0 aliphatic carbocycles. The third kappa shape index (κ3) is 5.51. The molecule has 2 aliphatic rings. The first-order valence-corrected chi connectivity index (χ1v) is 12.7. The molecule has 9 heteroatoms. The van der Waals surface area contributed by atoms with Gasteiger partial charge in [0.25, 0.3) is 0 Å². The molecule has 3 aromatic rings. The molecule has 1 amide bonds. The van der Waals surface area contributed by atoms with Crippen LogP contribution in [0.3, 0.4) is 0 Å². The molecule has 0 radical (unpaired) electrons. The monoisotopic (exact) mass is 479 g/mol. The number of anilines is 1. The summed E-state index contributed by atoms with van der Waals surface area (Å²) in [4.78, 5) is 26.4. The van der Waals surface area contributed by atoms with Crippen molar-refractivity contribution in [3.8, 4) is 11.1 Å². The Bertz CT molecular complexity index is 1170. The van der Waals surface area contributed by atoms with Crippen molar-refractivity contribution in [3.05, 3.63) is 36.3 Å². The zero-order valence-corrected chi connectivity index (χ0v) is 20.4. The van der Waals surface area contributed by atoms with Gasteiger partial charge in [-0.3, -0.25) is 19.7 Å². The molecule has 0 spiro atoms. The number of carbonyl (C=O) groups is 1. The first-order chi connectivity index (χ1) is 17.1. The van der Waals surface area contributed by atoms with Crippen molar-refractivity contribution < 1.29 is 9.18 Å². The van der Waals surface area contributed by atoms with Crippen molar-refractivity contribution in [1.29, 1.82) is 0 Å². The van der Waals surface area contributed by atoms with E-state index in [0.717, 1.165) is 67.6 Å². The molecule has 4 heterocycles. The predicted molar refractivity (Wildman–Crippen MR) is 135 cm³/mol. The van der Waals surface area contributed by atoms with E-state index in [-0.39, 0.29) is 18.5 Å². The van der Waals surface area contributed by atoms with Crippen molar-refractivity contribution in [1.82, 2.24) is 29.5 Å². The number of halogens is 1. The Labute approximate surface area is 205 Å². The van der Waals surface area contributed by atoms with E-state index in [1.165, 1.54) is 25.0 Å². The number of aryl methyl sites for hydroxylation is 1. The van der Waals surface area contributed by atoms with Crippen LogP contribution >= 0.6 is 0 Å². The number of hydrogen-bond donors (Lipinski definition) is 1. The SMILES string of the molecule is Cn1ncc(-c2ccc3cnc(NC(=O)C4CCN(CCF)CC4)nc3c2)c1CN1CCCCC1. The van der Waals surface area contributed by atoms with Gasteiger partial charge in [0, 0.05) is 43.2 Å². The standard InChI is InChI=1S/C26H34FN7O/c1-32-24(18-34-10-3-2-4-11-34)22(17-29-32)20-5-6-21-16-28-26(30-23(21)15-20)31-25(35)19-7-12-33(13-8-19)14-9-27/h5-6,15-17,19H,2-4,7-14,18H2,1H3,(H,28,30,31,35). The highest BCUT2D eigenvalue weighted by Crippen LogP contribution is 2.28. The zero-order chi connectivity index (χ0) is 24.2. The van der Waals surface area contributed by atoms with Crippen LogP contribution in [0.2, 0.25) is 0 Å². The number of fused-ring (bicyclic) bond motifs is 1. The summed E-state index contributed by atoms with van der Waals surface area (Å²) in [5, 5.41) is 8.37. The van der Waals surface area contributed by atoms with Crippen LogP contribution in [0.5, 0.6) is 0 Å². The van der Waals surface area contributed by atoms with E-state index in [0.29, 0.717) is 12.5 Å². The number of aromatic nitrogens is 4. The van der Waals surface area contributed by atoms with Crippen molar-refractivity contribution in [3.63, 3.8) is 0 Å². The number of rotatable bonds is 7. The van der Waals surface area contributed by atoms with Crippen LogP contribution in [0.15, 0.2) is 30.6 Å². The van der Waals surface area contributed by atoms with E-state index in [2.05, 4.69) is 42.3 Å². The molecule has 2 saturated heterocycles. The number of nitrogens with zero attached hydrogens (tertiary/aromatic N) is 6. The summed E-state index contributed by atoms with van der Waals surface area (Å²) in [7, 11) is 2.00. The molecule has 2 fully saturated rings. The molecular weight excluding hydrogens is 445 g/mol. The average Bonchev–Trinajstić information content (AvgIpc) is 3.24. The Hall–Kier alpha value is -2.91.